The van der Waals surface area contributed by atoms with Gasteiger partial charge in [-0.05, 0) is 24.0 Å². The maximum atomic E-state index is 12.8. The molecule has 0 bridgehead atoms. The van der Waals surface area contributed by atoms with Crippen molar-refractivity contribution in [1.29, 1.82) is 0 Å². The van der Waals surface area contributed by atoms with E-state index in [0.717, 1.165) is 38.7 Å². The number of aromatic nitrogens is 4. The minimum absolute atomic E-state index is 0.0795. The maximum Gasteiger partial charge on any atom is 0.254 e. The molecule has 0 N–H and O–H groups in total. The van der Waals surface area contributed by atoms with E-state index in [4.69, 9.17) is 9.98 Å². The van der Waals surface area contributed by atoms with Gasteiger partial charge in [0, 0.05) is 7.05 Å². The third kappa shape index (κ3) is 2.51. The van der Waals surface area contributed by atoms with E-state index in [-0.39, 0.29) is 12.3 Å². The standard InChI is InChI=1S/C21H17N5OS/c1-25-16-11-7-6-10-14(16)22-19(25)18-20-23-15(13-8-4-3-5-9-13)12-17(27)26(20)24-21(18)28-2/h3-11H,12H2,1-2H3. The molecular formula is C21H17N5OS. The summed E-state index contributed by atoms with van der Waals surface area (Å²) in [6.45, 7) is 0. The van der Waals surface area contributed by atoms with E-state index in [2.05, 4.69) is 5.10 Å². The van der Waals surface area contributed by atoms with E-state index in [0.29, 0.717) is 5.82 Å². The number of para-hydroxylation sites is 2. The molecule has 0 spiro atoms. The van der Waals surface area contributed by atoms with E-state index in [1.54, 1.807) is 0 Å². The van der Waals surface area contributed by atoms with Crippen molar-refractivity contribution >= 4 is 40.2 Å². The molecule has 0 unspecified atom stereocenters. The van der Waals surface area contributed by atoms with Crippen LogP contribution in [0.15, 0.2) is 64.6 Å². The molecule has 1 aliphatic heterocycles. The number of carbonyl (C=O) groups excluding carboxylic acids is 1. The van der Waals surface area contributed by atoms with E-state index in [1.165, 1.54) is 16.4 Å². The first kappa shape index (κ1) is 16.9. The normalized spacial score (nSPS) is 13.6. The van der Waals surface area contributed by atoms with Gasteiger partial charge in [0.1, 0.15) is 10.9 Å². The van der Waals surface area contributed by atoms with E-state index >= 15 is 0 Å². The van der Waals surface area contributed by atoms with Crippen LogP contribution in [0.5, 0.6) is 0 Å². The summed E-state index contributed by atoms with van der Waals surface area (Å²) < 4.78 is 3.46. The Balaban J connectivity index is 1.78. The lowest BCUT2D eigenvalue weighted by Gasteiger charge is -2.14. The molecule has 0 aliphatic carbocycles. The number of fused-ring (bicyclic) bond motifs is 2. The lowest BCUT2D eigenvalue weighted by molar-refractivity contribution is 0.0905. The molecule has 3 heterocycles. The average molecular weight is 387 g/mol. The Morgan fingerprint density at radius 2 is 1.79 bits per heavy atom. The highest BCUT2D eigenvalue weighted by Crippen LogP contribution is 2.40. The van der Waals surface area contributed by atoms with Crippen molar-refractivity contribution in [2.45, 2.75) is 11.4 Å². The van der Waals surface area contributed by atoms with Crippen LogP contribution in [0.25, 0.3) is 22.4 Å². The molecule has 4 aromatic rings. The third-order valence-electron chi connectivity index (χ3n) is 4.94. The fraction of sp³-hybridized carbons (Fsp3) is 0.143. The second-order valence-corrected chi connectivity index (χ2v) is 7.39. The Bertz CT molecular complexity index is 1250. The third-order valence-corrected chi connectivity index (χ3v) is 5.61. The Morgan fingerprint density at radius 3 is 2.54 bits per heavy atom. The first-order chi connectivity index (χ1) is 13.7. The maximum absolute atomic E-state index is 12.8. The Hall–Kier alpha value is -3.19. The highest BCUT2D eigenvalue weighted by atomic mass is 32.2. The first-order valence-corrected chi connectivity index (χ1v) is 10.1. The molecule has 0 amide bonds. The summed E-state index contributed by atoms with van der Waals surface area (Å²) in [5.41, 5.74) is 4.43. The van der Waals surface area contributed by atoms with Gasteiger partial charge in [0.05, 0.1) is 28.7 Å². The van der Waals surface area contributed by atoms with Crippen molar-refractivity contribution < 1.29 is 4.79 Å². The zero-order valence-electron chi connectivity index (χ0n) is 15.5. The number of nitrogens with zero attached hydrogens (tertiary/aromatic N) is 5. The van der Waals surface area contributed by atoms with Gasteiger partial charge in [-0.3, -0.25) is 4.79 Å². The van der Waals surface area contributed by atoms with Crippen molar-refractivity contribution in [2.75, 3.05) is 6.26 Å². The molecule has 7 heteroatoms. The van der Waals surface area contributed by atoms with Crippen LogP contribution in [-0.2, 0) is 7.05 Å². The monoisotopic (exact) mass is 387 g/mol. The van der Waals surface area contributed by atoms with Crippen LogP contribution in [-0.4, -0.2) is 37.2 Å². The van der Waals surface area contributed by atoms with Crippen LogP contribution in [0.1, 0.15) is 16.8 Å². The number of hydrogen-bond acceptors (Lipinski definition) is 5. The number of aryl methyl sites for hydroxylation is 1. The minimum atomic E-state index is -0.0795. The molecule has 28 heavy (non-hydrogen) atoms. The molecular weight excluding hydrogens is 370 g/mol. The summed E-state index contributed by atoms with van der Waals surface area (Å²) in [5, 5.41) is 5.29. The van der Waals surface area contributed by atoms with Gasteiger partial charge in [-0.15, -0.1) is 11.8 Å². The first-order valence-electron chi connectivity index (χ1n) is 8.92. The number of imidazole rings is 1. The number of carbonyl (C=O) groups is 1. The summed E-state index contributed by atoms with van der Waals surface area (Å²) in [4.78, 5) is 22.5. The predicted molar refractivity (Wildman–Crippen MR) is 112 cm³/mol. The smallest absolute Gasteiger partial charge is 0.254 e. The molecule has 0 radical (unpaired) electrons. The van der Waals surface area contributed by atoms with Crippen LogP contribution >= 0.6 is 11.8 Å². The van der Waals surface area contributed by atoms with Crippen LogP contribution in [0.4, 0.5) is 5.82 Å². The highest BCUT2D eigenvalue weighted by Gasteiger charge is 2.30. The number of aliphatic imine (C=N–C) groups is 1. The molecule has 5 rings (SSSR count). The second kappa shape index (κ2) is 6.45. The number of thioether (sulfide) groups is 1. The SMILES string of the molecule is CSc1nn2c(c1-c1nc3ccccc3n1C)N=C(c1ccccc1)CC2=O. The van der Waals surface area contributed by atoms with E-state index < -0.39 is 0 Å². The van der Waals surface area contributed by atoms with Crippen LogP contribution < -0.4 is 0 Å². The highest BCUT2D eigenvalue weighted by molar-refractivity contribution is 7.98. The van der Waals surface area contributed by atoms with Crippen LogP contribution in [0, 0.1) is 0 Å². The van der Waals surface area contributed by atoms with E-state index in [9.17, 15) is 4.79 Å². The zero-order chi connectivity index (χ0) is 19.3. The minimum Gasteiger partial charge on any atom is -0.327 e. The van der Waals surface area contributed by atoms with Gasteiger partial charge >= 0.3 is 0 Å². The van der Waals surface area contributed by atoms with Gasteiger partial charge in [0.25, 0.3) is 5.91 Å². The topological polar surface area (TPSA) is 65.1 Å². The largest absolute Gasteiger partial charge is 0.327 e. The molecule has 0 saturated carbocycles. The van der Waals surface area contributed by atoms with Gasteiger partial charge < -0.3 is 4.57 Å². The quantitative estimate of drug-likeness (QED) is 0.491. The zero-order valence-corrected chi connectivity index (χ0v) is 16.3. The van der Waals surface area contributed by atoms with Crippen LogP contribution in [0.2, 0.25) is 0 Å². The Kier molecular flexibility index (Phi) is 3.91. The predicted octanol–water partition coefficient (Wildman–Crippen LogP) is 4.32. The Labute approximate surface area is 165 Å². The number of benzene rings is 2. The molecule has 0 atom stereocenters. The average Bonchev–Trinajstić information content (AvgIpc) is 3.26. The molecule has 6 nitrogen and oxygen atoms in total. The summed E-state index contributed by atoms with van der Waals surface area (Å²) in [6.07, 6.45) is 2.18. The lowest BCUT2D eigenvalue weighted by Crippen LogP contribution is -2.21. The van der Waals surface area contributed by atoms with Gasteiger partial charge in [-0.1, -0.05) is 42.5 Å². The van der Waals surface area contributed by atoms with Crippen molar-refractivity contribution in [1.82, 2.24) is 19.3 Å². The van der Waals surface area contributed by atoms with Crippen molar-refractivity contribution in [3.8, 4) is 11.4 Å². The second-order valence-electron chi connectivity index (χ2n) is 6.60. The molecule has 138 valence electrons. The molecule has 0 fully saturated rings. The van der Waals surface area contributed by atoms with Crippen molar-refractivity contribution in [2.24, 2.45) is 12.0 Å². The summed E-state index contributed by atoms with van der Waals surface area (Å²) in [6, 6.07) is 17.8. The fourth-order valence-corrected chi connectivity index (χ4v) is 4.11. The van der Waals surface area contributed by atoms with Crippen molar-refractivity contribution in [3.05, 3.63) is 60.2 Å². The fourth-order valence-electron chi connectivity index (χ4n) is 3.56. The summed E-state index contributed by atoms with van der Waals surface area (Å²) in [5.74, 6) is 1.24. The molecule has 2 aromatic heterocycles. The van der Waals surface area contributed by atoms with Gasteiger partial charge in [0.15, 0.2) is 5.82 Å². The van der Waals surface area contributed by atoms with Gasteiger partial charge in [0.2, 0.25) is 0 Å². The molecule has 1 aliphatic rings. The molecule has 2 aromatic carbocycles. The Morgan fingerprint density at radius 1 is 1.04 bits per heavy atom. The summed E-state index contributed by atoms with van der Waals surface area (Å²) >= 11 is 1.49. The van der Waals surface area contributed by atoms with Gasteiger partial charge in [-0.2, -0.15) is 9.78 Å². The van der Waals surface area contributed by atoms with Crippen LogP contribution in [0.3, 0.4) is 0 Å². The lowest BCUT2D eigenvalue weighted by atomic mass is 10.1. The van der Waals surface area contributed by atoms with Crippen molar-refractivity contribution in [3.63, 3.8) is 0 Å². The molecule has 0 saturated heterocycles. The number of rotatable bonds is 3. The number of hydrogen-bond donors (Lipinski definition) is 0. The van der Waals surface area contributed by atoms with E-state index in [1.807, 2.05) is 72.5 Å². The summed E-state index contributed by atoms with van der Waals surface area (Å²) in [7, 11) is 1.98. The van der Waals surface area contributed by atoms with Gasteiger partial charge in [-0.25, -0.2) is 9.98 Å².